The molecule has 0 aliphatic carbocycles. The van der Waals surface area contributed by atoms with Gasteiger partial charge in [0.1, 0.15) is 0 Å². The molecular weight excluding hydrogens is 175 g/mol. The van der Waals surface area contributed by atoms with Crippen LogP contribution >= 0.6 is 8.60 Å². The summed E-state index contributed by atoms with van der Waals surface area (Å²) in [6.45, 7) is 8.10. The maximum atomic E-state index is 5.39. The highest BCUT2D eigenvalue weighted by Crippen LogP contribution is 2.45. The Morgan fingerprint density at radius 1 is 1.25 bits per heavy atom. The maximum absolute atomic E-state index is 5.39. The first-order valence-corrected chi connectivity index (χ1v) is 5.23. The van der Waals surface area contributed by atoms with Gasteiger partial charge in [-0.15, -0.1) is 0 Å². The molecule has 1 heterocycles. The van der Waals surface area contributed by atoms with Gasteiger partial charge in [0.2, 0.25) is 0 Å². The van der Waals surface area contributed by atoms with Crippen LogP contribution in [0.25, 0.3) is 0 Å². The minimum atomic E-state index is -1.04. The van der Waals surface area contributed by atoms with E-state index < -0.39 is 8.60 Å². The molecule has 0 saturated carbocycles. The molecule has 0 spiro atoms. The lowest BCUT2D eigenvalue weighted by atomic mass is 9.82. The molecule has 0 atom stereocenters. The second kappa shape index (κ2) is 4.01. The fourth-order valence-corrected chi connectivity index (χ4v) is 1.88. The third-order valence-corrected chi connectivity index (χ3v) is 3.15. The predicted octanol–water partition coefficient (Wildman–Crippen LogP) is 2.57. The van der Waals surface area contributed by atoms with Crippen LogP contribution in [-0.4, -0.2) is 20.3 Å². The summed E-state index contributed by atoms with van der Waals surface area (Å²) >= 11 is 0. The Hall–Kier alpha value is 0.310. The summed E-state index contributed by atoms with van der Waals surface area (Å²) in [6, 6.07) is 0. The van der Waals surface area contributed by atoms with Crippen molar-refractivity contribution in [3.8, 4) is 0 Å². The molecule has 0 aromatic rings. The second-order valence-electron chi connectivity index (χ2n) is 4.06. The van der Waals surface area contributed by atoms with Crippen molar-refractivity contribution in [2.75, 3.05) is 20.3 Å². The quantitative estimate of drug-likeness (QED) is 0.597. The van der Waals surface area contributed by atoms with Gasteiger partial charge in [-0.3, -0.25) is 0 Å². The highest BCUT2D eigenvalue weighted by atomic mass is 31.2. The Morgan fingerprint density at radius 2 is 1.75 bits per heavy atom. The number of rotatable bonds is 1. The van der Waals surface area contributed by atoms with Crippen LogP contribution in [0, 0.1) is 11.3 Å². The lowest BCUT2D eigenvalue weighted by Gasteiger charge is -2.35. The van der Waals surface area contributed by atoms with Crippen molar-refractivity contribution in [2.24, 2.45) is 11.3 Å². The van der Waals surface area contributed by atoms with Gasteiger partial charge in [-0.05, 0) is 5.41 Å². The number of hydrogen-bond acceptors (Lipinski definition) is 3. The first kappa shape index (κ1) is 10.4. The van der Waals surface area contributed by atoms with Crippen molar-refractivity contribution in [3.63, 3.8) is 0 Å². The van der Waals surface area contributed by atoms with E-state index in [9.17, 15) is 0 Å². The van der Waals surface area contributed by atoms with E-state index in [1.54, 1.807) is 7.11 Å². The van der Waals surface area contributed by atoms with Crippen LogP contribution < -0.4 is 0 Å². The Labute approximate surface area is 75.4 Å². The van der Waals surface area contributed by atoms with Gasteiger partial charge in [-0.2, -0.15) is 0 Å². The van der Waals surface area contributed by atoms with E-state index in [-0.39, 0.29) is 5.41 Å². The molecule has 0 aromatic carbocycles. The summed E-state index contributed by atoms with van der Waals surface area (Å²) < 4.78 is 15.7. The van der Waals surface area contributed by atoms with Gasteiger partial charge in [-0.25, -0.2) is 0 Å². The molecule has 0 aromatic heterocycles. The first-order chi connectivity index (χ1) is 5.54. The predicted molar refractivity (Wildman–Crippen MR) is 48.8 cm³/mol. The first-order valence-electron chi connectivity index (χ1n) is 4.14. The topological polar surface area (TPSA) is 27.7 Å². The summed E-state index contributed by atoms with van der Waals surface area (Å²) in [5.41, 5.74) is 0.259. The van der Waals surface area contributed by atoms with Gasteiger partial charge < -0.3 is 13.6 Å². The van der Waals surface area contributed by atoms with Crippen LogP contribution in [-0.2, 0) is 13.6 Å². The zero-order valence-electron chi connectivity index (χ0n) is 8.16. The van der Waals surface area contributed by atoms with E-state index in [0.717, 1.165) is 13.2 Å². The second-order valence-corrected chi connectivity index (χ2v) is 5.39. The summed E-state index contributed by atoms with van der Waals surface area (Å²) in [7, 11) is 0.571. The van der Waals surface area contributed by atoms with Crippen LogP contribution in [0.5, 0.6) is 0 Å². The van der Waals surface area contributed by atoms with E-state index in [4.69, 9.17) is 13.6 Å². The van der Waals surface area contributed by atoms with E-state index in [2.05, 4.69) is 20.8 Å². The van der Waals surface area contributed by atoms with Crippen LogP contribution in [0.3, 0.4) is 0 Å². The molecule has 4 heteroatoms. The van der Waals surface area contributed by atoms with Crippen molar-refractivity contribution in [1.29, 1.82) is 0 Å². The van der Waals surface area contributed by atoms with Gasteiger partial charge in [0, 0.05) is 13.0 Å². The summed E-state index contributed by atoms with van der Waals surface area (Å²) in [6.07, 6.45) is 0. The summed E-state index contributed by atoms with van der Waals surface area (Å²) in [5.74, 6) is 0.478. The van der Waals surface area contributed by atoms with E-state index >= 15 is 0 Å². The smallest absolute Gasteiger partial charge is 0.316 e. The Kier molecular flexibility index (Phi) is 3.47. The molecule has 0 amide bonds. The van der Waals surface area contributed by atoms with Gasteiger partial charge in [0.25, 0.3) is 0 Å². The Balaban J connectivity index is 2.36. The van der Waals surface area contributed by atoms with Gasteiger partial charge in [0.15, 0.2) is 0 Å². The van der Waals surface area contributed by atoms with Crippen LogP contribution in [0.2, 0.25) is 0 Å². The lowest BCUT2D eigenvalue weighted by Crippen LogP contribution is -2.31. The Morgan fingerprint density at radius 3 is 2.08 bits per heavy atom. The molecule has 1 aliphatic heterocycles. The SMILES string of the molecule is COP1OCC(C(C)(C)C)CO1. The van der Waals surface area contributed by atoms with Crippen LogP contribution in [0.1, 0.15) is 20.8 Å². The Bertz CT molecular complexity index is 136. The van der Waals surface area contributed by atoms with Crippen molar-refractivity contribution in [1.82, 2.24) is 0 Å². The zero-order valence-corrected chi connectivity index (χ0v) is 9.06. The van der Waals surface area contributed by atoms with Gasteiger partial charge >= 0.3 is 8.60 Å². The fourth-order valence-electron chi connectivity index (χ4n) is 0.992. The average molecular weight is 192 g/mol. The molecule has 1 aliphatic rings. The molecule has 0 unspecified atom stereocenters. The summed E-state index contributed by atoms with van der Waals surface area (Å²) in [4.78, 5) is 0. The third-order valence-electron chi connectivity index (χ3n) is 2.14. The molecule has 0 bridgehead atoms. The molecular formula is C8H17O3P. The van der Waals surface area contributed by atoms with Gasteiger partial charge in [0.05, 0.1) is 13.2 Å². The molecule has 0 N–H and O–H groups in total. The standard InChI is InChI=1S/C8H17O3P/c1-8(2,3)7-5-10-12(9-4)11-6-7/h7H,5-6H2,1-4H3. The monoisotopic (exact) mass is 192 g/mol. The van der Waals surface area contributed by atoms with Crippen molar-refractivity contribution in [3.05, 3.63) is 0 Å². The molecule has 3 nitrogen and oxygen atoms in total. The maximum Gasteiger partial charge on any atom is 0.332 e. The van der Waals surface area contributed by atoms with Crippen LogP contribution in [0.4, 0.5) is 0 Å². The fraction of sp³-hybridized carbons (Fsp3) is 1.00. The molecule has 1 saturated heterocycles. The van der Waals surface area contributed by atoms with E-state index in [1.165, 1.54) is 0 Å². The van der Waals surface area contributed by atoms with Gasteiger partial charge in [-0.1, -0.05) is 20.8 Å². The summed E-state index contributed by atoms with van der Waals surface area (Å²) in [5, 5.41) is 0. The molecule has 0 radical (unpaired) electrons. The highest BCUT2D eigenvalue weighted by Gasteiger charge is 2.31. The average Bonchev–Trinajstić information content (AvgIpc) is 2.03. The molecule has 12 heavy (non-hydrogen) atoms. The number of hydrogen-bond donors (Lipinski definition) is 0. The van der Waals surface area contributed by atoms with E-state index in [1.807, 2.05) is 0 Å². The van der Waals surface area contributed by atoms with Crippen LogP contribution in [0.15, 0.2) is 0 Å². The van der Waals surface area contributed by atoms with Crippen molar-refractivity contribution in [2.45, 2.75) is 20.8 Å². The molecule has 72 valence electrons. The van der Waals surface area contributed by atoms with Crippen molar-refractivity contribution >= 4 is 8.60 Å². The third kappa shape index (κ3) is 2.67. The normalized spacial score (nSPS) is 32.0. The van der Waals surface area contributed by atoms with E-state index in [0.29, 0.717) is 5.92 Å². The zero-order chi connectivity index (χ0) is 9.19. The van der Waals surface area contributed by atoms with Crippen molar-refractivity contribution < 1.29 is 13.6 Å². The lowest BCUT2D eigenvalue weighted by molar-refractivity contribution is 0.0292. The minimum Gasteiger partial charge on any atom is -0.316 e. The highest BCUT2D eigenvalue weighted by molar-refractivity contribution is 7.41. The molecule has 1 fully saturated rings. The largest absolute Gasteiger partial charge is 0.332 e. The molecule has 1 rings (SSSR count). The minimum absolute atomic E-state index is 0.259.